The van der Waals surface area contributed by atoms with E-state index < -0.39 is 16.1 Å². The summed E-state index contributed by atoms with van der Waals surface area (Å²) in [7, 11) is -3.11. The topological polar surface area (TPSA) is 57.6 Å². The number of hydrogen-bond acceptors (Lipinski definition) is 3. The molecular weight excluding hydrogens is 262 g/mol. The molecule has 1 aliphatic rings. The zero-order chi connectivity index (χ0) is 13.9. The summed E-state index contributed by atoms with van der Waals surface area (Å²) in [4.78, 5) is 0. The van der Waals surface area contributed by atoms with Crippen LogP contribution in [0.2, 0.25) is 0 Å². The fourth-order valence-electron chi connectivity index (χ4n) is 2.65. The molecular formula is C14H21NO3S. The summed E-state index contributed by atoms with van der Waals surface area (Å²) in [5, 5.41) is 10.2. The largest absolute Gasteiger partial charge is 0.388 e. The minimum Gasteiger partial charge on any atom is -0.388 e. The zero-order valence-electron chi connectivity index (χ0n) is 11.2. The third kappa shape index (κ3) is 4.03. The van der Waals surface area contributed by atoms with E-state index in [1.165, 1.54) is 10.6 Å². The highest BCUT2D eigenvalue weighted by Crippen LogP contribution is 2.28. The van der Waals surface area contributed by atoms with Crippen LogP contribution in [-0.2, 0) is 10.0 Å². The SMILES string of the molecule is CS(=O)(=O)N1CCCC(CC(O)c2ccccc2)C1. The molecule has 1 heterocycles. The van der Waals surface area contributed by atoms with Gasteiger partial charge in [0.25, 0.3) is 0 Å². The Bertz CT molecular complexity index is 501. The van der Waals surface area contributed by atoms with Gasteiger partial charge >= 0.3 is 0 Å². The van der Waals surface area contributed by atoms with Crippen LogP contribution in [0, 0.1) is 5.92 Å². The van der Waals surface area contributed by atoms with Gasteiger partial charge < -0.3 is 5.11 Å². The van der Waals surface area contributed by atoms with E-state index in [9.17, 15) is 13.5 Å². The van der Waals surface area contributed by atoms with E-state index >= 15 is 0 Å². The van der Waals surface area contributed by atoms with Crippen molar-refractivity contribution < 1.29 is 13.5 Å². The Hall–Kier alpha value is -0.910. The van der Waals surface area contributed by atoms with Crippen molar-refractivity contribution in [3.05, 3.63) is 35.9 Å². The maximum absolute atomic E-state index is 11.6. The maximum Gasteiger partial charge on any atom is 0.211 e. The van der Waals surface area contributed by atoms with Crippen molar-refractivity contribution in [1.82, 2.24) is 4.31 Å². The first-order valence-corrected chi connectivity index (χ1v) is 8.50. The molecule has 1 aromatic rings. The molecule has 0 aliphatic carbocycles. The summed E-state index contributed by atoms with van der Waals surface area (Å²) in [6.45, 7) is 1.14. The molecule has 1 fully saturated rings. The number of aliphatic hydroxyl groups excluding tert-OH is 1. The van der Waals surface area contributed by atoms with Crippen LogP contribution in [0.25, 0.3) is 0 Å². The van der Waals surface area contributed by atoms with E-state index in [2.05, 4.69) is 0 Å². The highest BCUT2D eigenvalue weighted by molar-refractivity contribution is 7.88. The predicted octanol–water partition coefficient (Wildman–Crippen LogP) is 1.78. The van der Waals surface area contributed by atoms with Crippen LogP contribution in [0.4, 0.5) is 0 Å². The van der Waals surface area contributed by atoms with Gasteiger partial charge in [0, 0.05) is 13.1 Å². The second-order valence-electron chi connectivity index (χ2n) is 5.29. The van der Waals surface area contributed by atoms with Crippen LogP contribution < -0.4 is 0 Å². The van der Waals surface area contributed by atoms with Crippen molar-refractivity contribution >= 4 is 10.0 Å². The maximum atomic E-state index is 11.6. The molecule has 1 saturated heterocycles. The first-order chi connectivity index (χ1) is 8.97. The minimum absolute atomic E-state index is 0.235. The normalized spacial score (nSPS) is 23.2. The lowest BCUT2D eigenvalue weighted by Gasteiger charge is -2.32. The van der Waals surface area contributed by atoms with Gasteiger partial charge in [-0.05, 0) is 30.7 Å². The van der Waals surface area contributed by atoms with Crippen LogP contribution in [0.1, 0.15) is 30.9 Å². The van der Waals surface area contributed by atoms with Crippen molar-refractivity contribution in [3.63, 3.8) is 0 Å². The molecule has 1 N–H and O–H groups in total. The van der Waals surface area contributed by atoms with Gasteiger partial charge in [-0.3, -0.25) is 0 Å². The molecule has 0 amide bonds. The van der Waals surface area contributed by atoms with E-state index in [1.54, 1.807) is 0 Å². The second-order valence-corrected chi connectivity index (χ2v) is 7.27. The van der Waals surface area contributed by atoms with Gasteiger partial charge in [0.15, 0.2) is 0 Å². The quantitative estimate of drug-likeness (QED) is 0.916. The average molecular weight is 283 g/mol. The van der Waals surface area contributed by atoms with E-state index in [0.717, 1.165) is 18.4 Å². The first kappa shape index (κ1) is 14.5. The molecule has 2 unspecified atom stereocenters. The molecule has 5 heteroatoms. The van der Waals surface area contributed by atoms with Crippen LogP contribution in [-0.4, -0.2) is 37.2 Å². The van der Waals surface area contributed by atoms with Gasteiger partial charge in [0.2, 0.25) is 10.0 Å². The molecule has 19 heavy (non-hydrogen) atoms. The molecule has 2 rings (SSSR count). The Morgan fingerprint density at radius 3 is 2.68 bits per heavy atom. The van der Waals surface area contributed by atoms with Gasteiger partial charge in [-0.1, -0.05) is 30.3 Å². The third-order valence-corrected chi connectivity index (χ3v) is 4.96. The van der Waals surface area contributed by atoms with Gasteiger partial charge in [-0.25, -0.2) is 12.7 Å². The molecule has 0 radical (unpaired) electrons. The Morgan fingerprint density at radius 2 is 2.05 bits per heavy atom. The lowest BCUT2D eigenvalue weighted by atomic mass is 9.91. The lowest BCUT2D eigenvalue weighted by molar-refractivity contribution is 0.123. The van der Waals surface area contributed by atoms with Crippen molar-refractivity contribution in [2.75, 3.05) is 19.3 Å². The number of nitrogens with zero attached hydrogens (tertiary/aromatic N) is 1. The van der Waals surface area contributed by atoms with Gasteiger partial charge in [-0.15, -0.1) is 0 Å². The molecule has 0 saturated carbocycles. The molecule has 0 spiro atoms. The summed E-state index contributed by atoms with van der Waals surface area (Å²) in [6.07, 6.45) is 3.22. The van der Waals surface area contributed by atoms with Crippen molar-refractivity contribution in [2.24, 2.45) is 5.92 Å². The van der Waals surface area contributed by atoms with E-state index in [0.29, 0.717) is 19.5 Å². The second kappa shape index (κ2) is 6.03. The van der Waals surface area contributed by atoms with Gasteiger partial charge in [-0.2, -0.15) is 0 Å². The molecule has 0 aromatic heterocycles. The highest BCUT2D eigenvalue weighted by Gasteiger charge is 2.27. The number of rotatable bonds is 4. The fourth-order valence-corrected chi connectivity index (χ4v) is 3.59. The van der Waals surface area contributed by atoms with Crippen molar-refractivity contribution in [3.8, 4) is 0 Å². The lowest BCUT2D eigenvalue weighted by Crippen LogP contribution is -2.39. The Labute approximate surface area is 115 Å². The van der Waals surface area contributed by atoms with Crippen LogP contribution >= 0.6 is 0 Å². The van der Waals surface area contributed by atoms with Gasteiger partial charge in [0.05, 0.1) is 12.4 Å². The number of sulfonamides is 1. The summed E-state index contributed by atoms with van der Waals surface area (Å²) < 4.78 is 24.6. The average Bonchev–Trinajstić information content (AvgIpc) is 2.39. The standard InChI is InChI=1S/C14H21NO3S/c1-19(17,18)15-9-5-6-12(11-15)10-14(16)13-7-3-2-4-8-13/h2-4,7-8,12,14,16H,5-6,9-11H2,1H3. The van der Waals surface area contributed by atoms with E-state index in [1.807, 2.05) is 30.3 Å². The Morgan fingerprint density at radius 1 is 1.37 bits per heavy atom. The Kier molecular flexibility index (Phi) is 4.60. The monoisotopic (exact) mass is 283 g/mol. The van der Waals surface area contributed by atoms with Crippen molar-refractivity contribution in [2.45, 2.75) is 25.4 Å². The van der Waals surface area contributed by atoms with E-state index in [4.69, 9.17) is 0 Å². The van der Waals surface area contributed by atoms with Crippen LogP contribution in [0.15, 0.2) is 30.3 Å². The van der Waals surface area contributed by atoms with Crippen LogP contribution in [0.5, 0.6) is 0 Å². The minimum atomic E-state index is -3.11. The third-order valence-electron chi connectivity index (χ3n) is 3.69. The summed E-state index contributed by atoms with van der Waals surface area (Å²) in [6, 6.07) is 9.54. The molecule has 2 atom stereocenters. The Balaban J connectivity index is 1.96. The summed E-state index contributed by atoms with van der Waals surface area (Å²) in [5.41, 5.74) is 0.902. The molecule has 1 aromatic carbocycles. The number of benzene rings is 1. The van der Waals surface area contributed by atoms with Gasteiger partial charge in [0.1, 0.15) is 0 Å². The van der Waals surface area contributed by atoms with E-state index in [-0.39, 0.29) is 5.92 Å². The predicted molar refractivity (Wildman–Crippen MR) is 75.2 cm³/mol. The molecule has 1 aliphatic heterocycles. The molecule has 106 valence electrons. The zero-order valence-corrected chi connectivity index (χ0v) is 12.0. The summed E-state index contributed by atoms with van der Waals surface area (Å²) in [5.74, 6) is 0.235. The van der Waals surface area contributed by atoms with Crippen molar-refractivity contribution in [1.29, 1.82) is 0 Å². The first-order valence-electron chi connectivity index (χ1n) is 6.65. The number of piperidine rings is 1. The fraction of sp³-hybridized carbons (Fsp3) is 0.571. The molecule has 4 nitrogen and oxygen atoms in total. The van der Waals surface area contributed by atoms with Crippen LogP contribution in [0.3, 0.4) is 0 Å². The number of hydrogen-bond donors (Lipinski definition) is 1. The highest BCUT2D eigenvalue weighted by atomic mass is 32.2. The number of aliphatic hydroxyl groups is 1. The summed E-state index contributed by atoms with van der Waals surface area (Å²) >= 11 is 0. The molecule has 0 bridgehead atoms. The smallest absolute Gasteiger partial charge is 0.211 e.